The molecule has 1 amide bonds. The van der Waals surface area contributed by atoms with Crippen molar-refractivity contribution in [1.82, 2.24) is 4.90 Å². The molecule has 3 nitrogen and oxygen atoms in total. The molecule has 0 aliphatic heterocycles. The summed E-state index contributed by atoms with van der Waals surface area (Å²) < 4.78 is 5.75. The second-order valence-corrected chi connectivity index (χ2v) is 5.79. The van der Waals surface area contributed by atoms with E-state index in [4.69, 9.17) is 4.74 Å². The predicted octanol–water partition coefficient (Wildman–Crippen LogP) is 4.49. The second-order valence-electron chi connectivity index (χ2n) is 5.79. The Kier molecular flexibility index (Phi) is 4.42. The summed E-state index contributed by atoms with van der Waals surface area (Å²) in [7, 11) is 1.91. The molecule has 0 N–H and O–H groups in total. The number of nitrogens with zero attached hydrogens (tertiary/aromatic N) is 1. The summed E-state index contributed by atoms with van der Waals surface area (Å²) in [5.74, 6) is 1.63. The Morgan fingerprint density at radius 3 is 2.18 bits per heavy atom. The van der Waals surface area contributed by atoms with E-state index in [9.17, 15) is 4.79 Å². The highest BCUT2D eigenvalue weighted by Gasteiger charge is 2.24. The minimum Gasteiger partial charge on any atom is -0.457 e. The zero-order valence-electron chi connectivity index (χ0n) is 12.9. The number of rotatable bonds is 4. The summed E-state index contributed by atoms with van der Waals surface area (Å²) in [5, 5.41) is 0. The summed E-state index contributed by atoms with van der Waals surface area (Å²) in [6.45, 7) is 0. The molecule has 3 heteroatoms. The molecule has 3 rings (SSSR count). The van der Waals surface area contributed by atoms with E-state index in [2.05, 4.69) is 0 Å². The van der Waals surface area contributed by atoms with E-state index in [1.807, 2.05) is 66.5 Å². The van der Waals surface area contributed by atoms with Gasteiger partial charge in [0.15, 0.2) is 0 Å². The van der Waals surface area contributed by atoms with Crippen molar-refractivity contribution in [3.8, 4) is 11.5 Å². The van der Waals surface area contributed by atoms with Crippen LogP contribution >= 0.6 is 0 Å². The van der Waals surface area contributed by atoms with Gasteiger partial charge in [0.25, 0.3) is 5.91 Å². The highest BCUT2D eigenvalue weighted by molar-refractivity contribution is 5.94. The monoisotopic (exact) mass is 295 g/mol. The third kappa shape index (κ3) is 3.30. The molecule has 0 spiro atoms. The van der Waals surface area contributed by atoms with E-state index in [0.717, 1.165) is 29.9 Å². The quantitative estimate of drug-likeness (QED) is 0.831. The molecule has 1 fully saturated rings. The lowest BCUT2D eigenvalue weighted by Gasteiger charge is -2.24. The van der Waals surface area contributed by atoms with Crippen LogP contribution in [0.2, 0.25) is 0 Å². The van der Waals surface area contributed by atoms with Crippen LogP contribution in [0.1, 0.15) is 36.0 Å². The van der Waals surface area contributed by atoms with E-state index < -0.39 is 0 Å². The van der Waals surface area contributed by atoms with Crippen LogP contribution in [0.5, 0.6) is 11.5 Å². The standard InChI is InChI=1S/C19H21NO2/c1-20(16-7-5-6-8-16)19(21)15-11-13-18(14-12-15)22-17-9-3-2-4-10-17/h2-4,9-14,16H,5-8H2,1H3. The van der Waals surface area contributed by atoms with Gasteiger partial charge in [-0.3, -0.25) is 4.79 Å². The molecular formula is C19H21NO2. The van der Waals surface area contributed by atoms with Gasteiger partial charge in [0, 0.05) is 18.7 Å². The van der Waals surface area contributed by atoms with E-state index in [0.29, 0.717) is 6.04 Å². The van der Waals surface area contributed by atoms with E-state index in [1.165, 1.54) is 12.8 Å². The van der Waals surface area contributed by atoms with Crippen LogP contribution in [0.4, 0.5) is 0 Å². The summed E-state index contributed by atoms with van der Waals surface area (Å²) in [5.41, 5.74) is 0.717. The molecule has 114 valence electrons. The van der Waals surface area contributed by atoms with Crippen LogP contribution in [0.15, 0.2) is 54.6 Å². The first-order valence-electron chi connectivity index (χ1n) is 7.84. The van der Waals surface area contributed by atoms with E-state index in [-0.39, 0.29) is 5.91 Å². The predicted molar refractivity (Wildman–Crippen MR) is 87.3 cm³/mol. The molecular weight excluding hydrogens is 274 g/mol. The lowest BCUT2D eigenvalue weighted by atomic mass is 10.1. The Balaban J connectivity index is 1.67. The Bertz CT molecular complexity index is 616. The molecule has 2 aromatic carbocycles. The summed E-state index contributed by atoms with van der Waals surface area (Å²) in [6, 6.07) is 17.4. The fraction of sp³-hybridized carbons (Fsp3) is 0.316. The van der Waals surface area contributed by atoms with E-state index >= 15 is 0 Å². The fourth-order valence-electron chi connectivity index (χ4n) is 2.95. The maximum absolute atomic E-state index is 12.5. The highest BCUT2D eigenvalue weighted by Crippen LogP contribution is 2.25. The first-order chi connectivity index (χ1) is 10.7. The molecule has 1 aliphatic rings. The van der Waals surface area contributed by atoms with Crippen molar-refractivity contribution in [3.63, 3.8) is 0 Å². The number of amides is 1. The molecule has 0 heterocycles. The second kappa shape index (κ2) is 6.65. The Labute approximate surface area is 131 Å². The molecule has 1 saturated carbocycles. The van der Waals surface area contributed by atoms with Crippen molar-refractivity contribution < 1.29 is 9.53 Å². The lowest BCUT2D eigenvalue weighted by Crippen LogP contribution is -2.35. The Hall–Kier alpha value is -2.29. The van der Waals surface area contributed by atoms with Crippen molar-refractivity contribution in [3.05, 3.63) is 60.2 Å². The molecule has 1 aliphatic carbocycles. The maximum atomic E-state index is 12.5. The minimum absolute atomic E-state index is 0.0955. The number of para-hydroxylation sites is 1. The van der Waals surface area contributed by atoms with Gasteiger partial charge >= 0.3 is 0 Å². The molecule has 0 atom stereocenters. The van der Waals surface area contributed by atoms with Gasteiger partial charge in [0.2, 0.25) is 0 Å². The average molecular weight is 295 g/mol. The summed E-state index contributed by atoms with van der Waals surface area (Å²) in [6.07, 6.45) is 4.70. The SMILES string of the molecule is CN(C(=O)c1ccc(Oc2ccccc2)cc1)C1CCCC1. The number of carbonyl (C=O) groups is 1. The third-order valence-corrected chi connectivity index (χ3v) is 4.27. The average Bonchev–Trinajstić information content (AvgIpc) is 3.10. The highest BCUT2D eigenvalue weighted by atomic mass is 16.5. The van der Waals surface area contributed by atoms with Gasteiger partial charge in [0.05, 0.1) is 0 Å². The third-order valence-electron chi connectivity index (χ3n) is 4.27. The van der Waals surface area contributed by atoms with Crippen LogP contribution in [-0.2, 0) is 0 Å². The van der Waals surface area contributed by atoms with Crippen molar-refractivity contribution in [2.45, 2.75) is 31.7 Å². The smallest absolute Gasteiger partial charge is 0.253 e. The van der Waals surface area contributed by atoms with E-state index in [1.54, 1.807) is 0 Å². The number of carbonyl (C=O) groups excluding carboxylic acids is 1. The van der Waals surface area contributed by atoms with Crippen molar-refractivity contribution in [2.24, 2.45) is 0 Å². The maximum Gasteiger partial charge on any atom is 0.253 e. The lowest BCUT2D eigenvalue weighted by molar-refractivity contribution is 0.0735. The molecule has 0 bridgehead atoms. The first-order valence-corrected chi connectivity index (χ1v) is 7.84. The Morgan fingerprint density at radius 1 is 0.955 bits per heavy atom. The van der Waals surface area contributed by atoms with Crippen molar-refractivity contribution >= 4 is 5.91 Å². The van der Waals surface area contributed by atoms with Crippen molar-refractivity contribution in [1.29, 1.82) is 0 Å². The Morgan fingerprint density at radius 2 is 1.55 bits per heavy atom. The number of hydrogen-bond acceptors (Lipinski definition) is 2. The van der Waals surface area contributed by atoms with Crippen LogP contribution < -0.4 is 4.74 Å². The molecule has 0 saturated heterocycles. The largest absolute Gasteiger partial charge is 0.457 e. The van der Waals surface area contributed by atoms with Gasteiger partial charge in [-0.05, 0) is 49.2 Å². The number of benzene rings is 2. The summed E-state index contributed by atoms with van der Waals surface area (Å²) >= 11 is 0. The van der Waals surface area contributed by atoms with Gasteiger partial charge in [-0.25, -0.2) is 0 Å². The topological polar surface area (TPSA) is 29.5 Å². The normalized spacial score (nSPS) is 14.8. The molecule has 0 radical (unpaired) electrons. The van der Waals surface area contributed by atoms with Gasteiger partial charge in [-0.2, -0.15) is 0 Å². The van der Waals surface area contributed by atoms with Crippen molar-refractivity contribution in [2.75, 3.05) is 7.05 Å². The fourth-order valence-corrected chi connectivity index (χ4v) is 2.95. The van der Waals surface area contributed by atoms with Crippen LogP contribution in [0.25, 0.3) is 0 Å². The van der Waals surface area contributed by atoms with Gasteiger partial charge in [-0.1, -0.05) is 31.0 Å². The number of ether oxygens (including phenoxy) is 1. The zero-order chi connectivity index (χ0) is 15.4. The minimum atomic E-state index is 0.0955. The number of hydrogen-bond donors (Lipinski definition) is 0. The molecule has 22 heavy (non-hydrogen) atoms. The van der Waals surface area contributed by atoms with Crippen LogP contribution in [-0.4, -0.2) is 23.9 Å². The van der Waals surface area contributed by atoms with Gasteiger partial charge in [0.1, 0.15) is 11.5 Å². The molecule has 0 aromatic heterocycles. The van der Waals surface area contributed by atoms with Gasteiger partial charge < -0.3 is 9.64 Å². The molecule has 2 aromatic rings. The van der Waals surface area contributed by atoms with Gasteiger partial charge in [-0.15, -0.1) is 0 Å². The zero-order valence-corrected chi connectivity index (χ0v) is 12.9. The van der Waals surface area contributed by atoms with Crippen LogP contribution in [0.3, 0.4) is 0 Å². The first kappa shape index (κ1) is 14.6. The molecule has 0 unspecified atom stereocenters. The van der Waals surface area contributed by atoms with Crippen LogP contribution in [0, 0.1) is 0 Å². The summed E-state index contributed by atoms with van der Waals surface area (Å²) in [4.78, 5) is 14.4.